The topological polar surface area (TPSA) is 86.5 Å². The van der Waals surface area contributed by atoms with Crippen LogP contribution in [0.4, 0.5) is 5.82 Å². The summed E-state index contributed by atoms with van der Waals surface area (Å²) in [6.45, 7) is 1.78. The van der Waals surface area contributed by atoms with Crippen molar-refractivity contribution in [2.45, 2.75) is 37.9 Å². The maximum Gasteiger partial charge on any atom is 0.332 e. The Morgan fingerprint density at radius 2 is 2.09 bits per heavy atom. The number of nitriles is 1. The predicted molar refractivity (Wildman–Crippen MR) is 79.4 cm³/mol. The van der Waals surface area contributed by atoms with Gasteiger partial charge in [-0.3, -0.25) is 0 Å². The first kappa shape index (κ1) is 14.8. The molecule has 0 spiro atoms. The summed E-state index contributed by atoms with van der Waals surface area (Å²) in [7, 11) is 0. The molecule has 22 heavy (non-hydrogen) atoms. The van der Waals surface area contributed by atoms with Crippen LogP contribution in [0.1, 0.15) is 31.2 Å². The van der Waals surface area contributed by atoms with Crippen molar-refractivity contribution >= 4 is 11.8 Å². The highest BCUT2D eigenvalue weighted by Gasteiger charge is 2.36. The number of anilines is 1. The lowest BCUT2D eigenvalue weighted by molar-refractivity contribution is -0.150. The Kier molecular flexibility index (Phi) is 4.25. The van der Waals surface area contributed by atoms with Gasteiger partial charge in [0.15, 0.2) is 6.10 Å². The fourth-order valence-corrected chi connectivity index (χ4v) is 3.33. The van der Waals surface area contributed by atoms with Gasteiger partial charge in [0.2, 0.25) is 0 Å². The van der Waals surface area contributed by atoms with Gasteiger partial charge in [-0.15, -0.1) is 0 Å². The molecule has 0 radical (unpaired) electrons. The molecule has 3 heterocycles. The van der Waals surface area contributed by atoms with Crippen molar-refractivity contribution in [2.75, 3.05) is 18.0 Å². The van der Waals surface area contributed by atoms with E-state index < -0.39 is 12.1 Å². The smallest absolute Gasteiger partial charge is 0.332 e. The maximum absolute atomic E-state index is 11.0. The van der Waals surface area contributed by atoms with E-state index in [1.54, 1.807) is 12.3 Å². The number of hydrogen-bond donors (Lipinski definition) is 1. The summed E-state index contributed by atoms with van der Waals surface area (Å²) in [5, 5.41) is 17.8. The number of carbonyl (C=O) groups is 1. The van der Waals surface area contributed by atoms with Gasteiger partial charge in [-0.25, -0.2) is 9.78 Å². The summed E-state index contributed by atoms with van der Waals surface area (Å²) in [5.41, 5.74) is 0.567. The molecule has 0 saturated carbocycles. The zero-order valence-corrected chi connectivity index (χ0v) is 12.3. The molecule has 1 aromatic heterocycles. The monoisotopic (exact) mass is 301 g/mol. The maximum atomic E-state index is 11.0. The van der Waals surface area contributed by atoms with Gasteiger partial charge in [-0.05, 0) is 43.7 Å². The SMILES string of the molecule is N#Cc1ccc(N2CCC([C@@H]3CC[C@H](C(=O)O)O3)CC2)nc1. The standard InChI is InChI=1S/C16H19N3O3/c17-9-11-1-4-15(18-10-11)19-7-5-12(6-8-19)13-2-3-14(22-13)16(20)21/h1,4,10,12-14H,2-3,5-8H2,(H,20,21)/t13-,14+/m0/s1. The normalized spacial score (nSPS) is 25.9. The number of carboxylic acid groups (broad SMARTS) is 1. The average Bonchev–Trinajstić information content (AvgIpc) is 3.05. The second kappa shape index (κ2) is 6.32. The lowest BCUT2D eigenvalue weighted by Crippen LogP contribution is -2.38. The van der Waals surface area contributed by atoms with Crippen LogP contribution in [0.5, 0.6) is 0 Å². The van der Waals surface area contributed by atoms with Crippen LogP contribution in [0, 0.1) is 17.2 Å². The highest BCUT2D eigenvalue weighted by Crippen LogP contribution is 2.32. The molecular weight excluding hydrogens is 282 g/mol. The minimum absolute atomic E-state index is 0.0807. The van der Waals surface area contributed by atoms with E-state index in [1.807, 2.05) is 6.07 Å². The van der Waals surface area contributed by atoms with Crippen molar-refractivity contribution in [1.29, 1.82) is 5.26 Å². The highest BCUT2D eigenvalue weighted by atomic mass is 16.5. The van der Waals surface area contributed by atoms with Crippen molar-refractivity contribution in [1.82, 2.24) is 4.98 Å². The van der Waals surface area contributed by atoms with Crippen molar-refractivity contribution in [3.05, 3.63) is 23.9 Å². The minimum Gasteiger partial charge on any atom is -0.479 e. The van der Waals surface area contributed by atoms with Gasteiger partial charge in [0.05, 0.1) is 11.7 Å². The van der Waals surface area contributed by atoms with Gasteiger partial charge in [0.25, 0.3) is 0 Å². The number of pyridine rings is 1. The van der Waals surface area contributed by atoms with E-state index in [1.165, 1.54) is 0 Å². The van der Waals surface area contributed by atoms with Crippen molar-refractivity contribution in [3.8, 4) is 6.07 Å². The first-order valence-corrected chi connectivity index (χ1v) is 7.66. The Morgan fingerprint density at radius 1 is 1.32 bits per heavy atom. The van der Waals surface area contributed by atoms with E-state index >= 15 is 0 Å². The first-order valence-electron chi connectivity index (χ1n) is 7.66. The van der Waals surface area contributed by atoms with Crippen LogP contribution < -0.4 is 4.90 Å². The summed E-state index contributed by atoms with van der Waals surface area (Å²) in [6.07, 6.45) is 4.49. The molecule has 2 fully saturated rings. The van der Waals surface area contributed by atoms with Gasteiger partial charge in [-0.2, -0.15) is 5.26 Å². The molecule has 0 aliphatic carbocycles. The molecule has 0 amide bonds. The second-order valence-electron chi connectivity index (χ2n) is 5.92. The number of nitrogens with zero attached hydrogens (tertiary/aromatic N) is 3. The highest BCUT2D eigenvalue weighted by molar-refractivity contribution is 5.72. The Bertz CT molecular complexity index is 573. The molecule has 6 nitrogen and oxygen atoms in total. The van der Waals surface area contributed by atoms with Gasteiger partial charge >= 0.3 is 5.97 Å². The minimum atomic E-state index is -0.846. The number of aromatic nitrogens is 1. The number of ether oxygens (including phenoxy) is 1. The molecular formula is C16H19N3O3. The van der Waals surface area contributed by atoms with Crippen LogP contribution in [0.2, 0.25) is 0 Å². The molecule has 3 rings (SSSR count). The van der Waals surface area contributed by atoms with Crippen LogP contribution in [0.15, 0.2) is 18.3 Å². The third kappa shape index (κ3) is 3.04. The van der Waals surface area contributed by atoms with Crippen molar-refractivity contribution in [2.24, 2.45) is 5.92 Å². The van der Waals surface area contributed by atoms with E-state index in [4.69, 9.17) is 15.1 Å². The number of piperidine rings is 1. The molecule has 1 N–H and O–H groups in total. The van der Waals surface area contributed by atoms with Gasteiger partial charge in [0.1, 0.15) is 11.9 Å². The van der Waals surface area contributed by atoms with Crippen molar-refractivity contribution < 1.29 is 14.6 Å². The molecule has 0 bridgehead atoms. The molecule has 116 valence electrons. The van der Waals surface area contributed by atoms with Gasteiger partial charge < -0.3 is 14.7 Å². The summed E-state index contributed by atoms with van der Waals surface area (Å²) in [4.78, 5) is 17.5. The zero-order chi connectivity index (χ0) is 15.5. The van der Waals surface area contributed by atoms with Crippen LogP contribution >= 0.6 is 0 Å². The Hall–Kier alpha value is -2.13. The first-order chi connectivity index (χ1) is 10.7. The van der Waals surface area contributed by atoms with E-state index in [2.05, 4.69) is 16.0 Å². The van der Waals surface area contributed by atoms with E-state index in [9.17, 15) is 4.79 Å². The van der Waals surface area contributed by atoms with Crippen LogP contribution in [-0.2, 0) is 9.53 Å². The number of hydrogen-bond acceptors (Lipinski definition) is 5. The summed E-state index contributed by atoms with van der Waals surface area (Å²) >= 11 is 0. The quantitative estimate of drug-likeness (QED) is 0.916. The van der Waals surface area contributed by atoms with Crippen molar-refractivity contribution in [3.63, 3.8) is 0 Å². The van der Waals surface area contributed by atoms with E-state index in [0.717, 1.165) is 38.2 Å². The molecule has 6 heteroatoms. The summed E-state index contributed by atoms with van der Waals surface area (Å²) < 4.78 is 5.66. The molecule has 2 aliphatic heterocycles. The fourth-order valence-electron chi connectivity index (χ4n) is 3.33. The van der Waals surface area contributed by atoms with Gasteiger partial charge in [0, 0.05) is 19.3 Å². The molecule has 0 aromatic carbocycles. The second-order valence-corrected chi connectivity index (χ2v) is 5.92. The number of carboxylic acids is 1. The van der Waals surface area contributed by atoms with Gasteiger partial charge in [-0.1, -0.05) is 0 Å². The van der Waals surface area contributed by atoms with Crippen LogP contribution in [-0.4, -0.2) is 41.4 Å². The van der Waals surface area contributed by atoms with E-state index in [-0.39, 0.29) is 6.10 Å². The molecule has 1 aromatic rings. The molecule has 2 atom stereocenters. The molecule has 0 unspecified atom stereocenters. The molecule has 2 aliphatic rings. The van der Waals surface area contributed by atoms with E-state index in [0.29, 0.717) is 17.9 Å². The van der Waals surface area contributed by atoms with Crippen LogP contribution in [0.25, 0.3) is 0 Å². The Morgan fingerprint density at radius 3 is 2.64 bits per heavy atom. The lowest BCUT2D eigenvalue weighted by atomic mass is 9.90. The Balaban J connectivity index is 1.54. The lowest BCUT2D eigenvalue weighted by Gasteiger charge is -2.35. The third-order valence-corrected chi connectivity index (χ3v) is 4.59. The Labute approximate surface area is 129 Å². The largest absolute Gasteiger partial charge is 0.479 e. The average molecular weight is 301 g/mol. The summed E-state index contributed by atoms with van der Waals surface area (Å²) in [5.74, 6) is 0.480. The predicted octanol–water partition coefficient (Wildman–Crippen LogP) is 1.80. The third-order valence-electron chi connectivity index (χ3n) is 4.59. The fraction of sp³-hybridized carbons (Fsp3) is 0.562. The number of aliphatic carboxylic acids is 1. The molecule has 2 saturated heterocycles. The van der Waals surface area contributed by atoms with Crippen LogP contribution in [0.3, 0.4) is 0 Å². The summed E-state index contributed by atoms with van der Waals surface area (Å²) in [6, 6.07) is 5.73. The zero-order valence-electron chi connectivity index (χ0n) is 12.3. The number of rotatable bonds is 3.